The summed E-state index contributed by atoms with van der Waals surface area (Å²) < 4.78 is 11.5. The van der Waals surface area contributed by atoms with Crippen molar-refractivity contribution < 1.29 is 19.4 Å². The summed E-state index contributed by atoms with van der Waals surface area (Å²) in [4.78, 5) is 11.3. The fourth-order valence-corrected chi connectivity index (χ4v) is 3.29. The number of carboxylic acid groups (broad SMARTS) is 1. The van der Waals surface area contributed by atoms with E-state index in [1.165, 1.54) is 11.3 Å². The molecule has 0 atom stereocenters. The molecule has 0 aliphatic heterocycles. The predicted octanol–water partition coefficient (Wildman–Crippen LogP) is 4.28. The van der Waals surface area contributed by atoms with Crippen LogP contribution in [0.1, 0.15) is 10.4 Å². The molecule has 0 bridgehead atoms. The highest BCUT2D eigenvalue weighted by atomic mass is 32.1. The second kappa shape index (κ2) is 5.69. The van der Waals surface area contributed by atoms with Crippen LogP contribution in [0.2, 0.25) is 0 Å². The fourth-order valence-electron chi connectivity index (χ4n) is 2.44. The van der Waals surface area contributed by atoms with E-state index in [1.807, 2.05) is 29.6 Å². The van der Waals surface area contributed by atoms with Crippen LogP contribution in [0.15, 0.2) is 41.8 Å². The first-order chi connectivity index (χ1) is 10.6. The molecule has 1 aromatic heterocycles. The van der Waals surface area contributed by atoms with Gasteiger partial charge in [-0.25, -0.2) is 4.79 Å². The van der Waals surface area contributed by atoms with E-state index in [4.69, 9.17) is 9.47 Å². The van der Waals surface area contributed by atoms with E-state index < -0.39 is 5.97 Å². The summed E-state index contributed by atoms with van der Waals surface area (Å²) in [5.74, 6) is 0.323. The molecule has 2 aromatic carbocycles. The Morgan fingerprint density at radius 3 is 2.50 bits per heavy atom. The number of hydrogen-bond acceptors (Lipinski definition) is 4. The number of carboxylic acids is 1. The number of rotatable bonds is 4. The zero-order valence-electron chi connectivity index (χ0n) is 12.1. The number of hydrogen-bond donors (Lipinski definition) is 1. The summed E-state index contributed by atoms with van der Waals surface area (Å²) in [6, 6.07) is 11.0. The lowest BCUT2D eigenvalue weighted by Crippen LogP contribution is -1.96. The van der Waals surface area contributed by atoms with Crippen molar-refractivity contribution in [2.75, 3.05) is 14.2 Å². The van der Waals surface area contributed by atoms with E-state index in [0.29, 0.717) is 11.5 Å². The van der Waals surface area contributed by atoms with Gasteiger partial charge in [-0.3, -0.25) is 0 Å². The molecule has 0 unspecified atom stereocenters. The van der Waals surface area contributed by atoms with Crippen molar-refractivity contribution in [3.8, 4) is 22.6 Å². The lowest BCUT2D eigenvalue weighted by Gasteiger charge is -2.11. The van der Waals surface area contributed by atoms with Crippen molar-refractivity contribution in [3.05, 3.63) is 47.3 Å². The van der Waals surface area contributed by atoms with Gasteiger partial charge in [-0.1, -0.05) is 6.07 Å². The van der Waals surface area contributed by atoms with Crippen molar-refractivity contribution in [2.24, 2.45) is 0 Å². The highest BCUT2D eigenvalue weighted by Gasteiger charge is 2.13. The fraction of sp³-hybridized carbons (Fsp3) is 0.118. The van der Waals surface area contributed by atoms with Gasteiger partial charge in [-0.05, 0) is 46.8 Å². The van der Waals surface area contributed by atoms with Gasteiger partial charge in [0, 0.05) is 10.1 Å². The number of benzene rings is 2. The van der Waals surface area contributed by atoms with Gasteiger partial charge in [0.25, 0.3) is 0 Å². The smallest absolute Gasteiger partial charge is 0.335 e. The van der Waals surface area contributed by atoms with Crippen molar-refractivity contribution in [2.45, 2.75) is 0 Å². The number of aromatic carboxylic acids is 1. The minimum atomic E-state index is -0.933. The maximum Gasteiger partial charge on any atom is 0.335 e. The molecule has 5 heteroatoms. The molecular weight excluding hydrogens is 300 g/mol. The number of fused-ring (bicyclic) bond motifs is 1. The predicted molar refractivity (Wildman–Crippen MR) is 87.3 cm³/mol. The van der Waals surface area contributed by atoms with Gasteiger partial charge in [-0.2, -0.15) is 0 Å². The molecule has 0 spiro atoms. The number of ether oxygens (including phenoxy) is 2. The van der Waals surface area contributed by atoms with Crippen LogP contribution in [-0.4, -0.2) is 25.3 Å². The molecule has 0 saturated carbocycles. The van der Waals surface area contributed by atoms with Crippen molar-refractivity contribution in [3.63, 3.8) is 0 Å². The van der Waals surface area contributed by atoms with Crippen LogP contribution >= 0.6 is 11.3 Å². The van der Waals surface area contributed by atoms with Crippen molar-refractivity contribution >= 4 is 27.4 Å². The SMILES string of the molecule is COc1ccc(-c2cc(C(=O)O)cc3sccc23)cc1OC. The Kier molecular flexibility index (Phi) is 3.73. The topological polar surface area (TPSA) is 55.8 Å². The Balaban J connectivity index is 2.24. The molecule has 22 heavy (non-hydrogen) atoms. The first-order valence-electron chi connectivity index (χ1n) is 6.61. The van der Waals surface area contributed by atoms with E-state index in [-0.39, 0.29) is 5.56 Å². The minimum absolute atomic E-state index is 0.278. The van der Waals surface area contributed by atoms with Crippen LogP contribution < -0.4 is 9.47 Å². The minimum Gasteiger partial charge on any atom is -0.493 e. The van der Waals surface area contributed by atoms with E-state index in [2.05, 4.69) is 0 Å². The second-order valence-corrected chi connectivity index (χ2v) is 5.68. The maximum absolute atomic E-state index is 11.3. The lowest BCUT2D eigenvalue weighted by molar-refractivity contribution is 0.0697. The standard InChI is InChI=1S/C17H14O4S/c1-20-14-4-3-10(8-15(14)21-2)13-7-11(17(18)19)9-16-12(13)5-6-22-16/h3-9H,1-2H3,(H,18,19). The van der Waals surface area contributed by atoms with Gasteiger partial charge in [0.15, 0.2) is 11.5 Å². The van der Waals surface area contributed by atoms with Gasteiger partial charge in [0.05, 0.1) is 19.8 Å². The Bertz CT molecular complexity index is 851. The van der Waals surface area contributed by atoms with E-state index in [0.717, 1.165) is 21.2 Å². The Morgan fingerprint density at radius 2 is 1.82 bits per heavy atom. The van der Waals surface area contributed by atoms with Gasteiger partial charge < -0.3 is 14.6 Å². The maximum atomic E-state index is 11.3. The molecule has 0 radical (unpaired) electrons. The summed E-state index contributed by atoms with van der Waals surface area (Å²) in [6.45, 7) is 0. The Morgan fingerprint density at radius 1 is 1.05 bits per heavy atom. The van der Waals surface area contributed by atoms with Crippen LogP contribution in [0.25, 0.3) is 21.2 Å². The molecule has 112 valence electrons. The molecule has 0 fully saturated rings. The zero-order chi connectivity index (χ0) is 15.7. The number of methoxy groups -OCH3 is 2. The van der Waals surface area contributed by atoms with Gasteiger partial charge in [0.2, 0.25) is 0 Å². The second-order valence-electron chi connectivity index (χ2n) is 4.73. The first-order valence-corrected chi connectivity index (χ1v) is 7.49. The first kappa shape index (κ1) is 14.4. The molecular formula is C17H14O4S. The molecule has 4 nitrogen and oxygen atoms in total. The van der Waals surface area contributed by atoms with Crippen LogP contribution in [0.5, 0.6) is 11.5 Å². The Hall–Kier alpha value is -2.53. The molecule has 0 aliphatic carbocycles. The molecule has 3 rings (SSSR count). The Labute approximate surface area is 131 Å². The summed E-state index contributed by atoms with van der Waals surface area (Å²) in [5.41, 5.74) is 2.04. The normalized spacial score (nSPS) is 10.6. The van der Waals surface area contributed by atoms with E-state index in [9.17, 15) is 9.90 Å². The van der Waals surface area contributed by atoms with E-state index in [1.54, 1.807) is 26.4 Å². The van der Waals surface area contributed by atoms with Gasteiger partial charge in [-0.15, -0.1) is 11.3 Å². The van der Waals surface area contributed by atoms with Crippen LogP contribution in [0.4, 0.5) is 0 Å². The number of carbonyl (C=O) groups is 1. The van der Waals surface area contributed by atoms with Gasteiger partial charge >= 0.3 is 5.97 Å². The third kappa shape index (κ3) is 2.40. The van der Waals surface area contributed by atoms with Crippen LogP contribution in [-0.2, 0) is 0 Å². The van der Waals surface area contributed by atoms with Crippen molar-refractivity contribution in [1.82, 2.24) is 0 Å². The average Bonchev–Trinajstić information content (AvgIpc) is 3.01. The van der Waals surface area contributed by atoms with Crippen molar-refractivity contribution in [1.29, 1.82) is 0 Å². The quantitative estimate of drug-likeness (QED) is 0.781. The average molecular weight is 314 g/mol. The van der Waals surface area contributed by atoms with Crippen LogP contribution in [0, 0.1) is 0 Å². The molecule has 3 aromatic rings. The number of thiophene rings is 1. The summed E-state index contributed by atoms with van der Waals surface area (Å²) in [7, 11) is 3.16. The zero-order valence-corrected chi connectivity index (χ0v) is 12.9. The van der Waals surface area contributed by atoms with E-state index >= 15 is 0 Å². The molecule has 0 aliphatic rings. The molecule has 0 saturated heterocycles. The summed E-state index contributed by atoms with van der Waals surface area (Å²) in [6.07, 6.45) is 0. The highest BCUT2D eigenvalue weighted by Crippen LogP contribution is 2.37. The third-order valence-electron chi connectivity index (χ3n) is 3.51. The highest BCUT2D eigenvalue weighted by molar-refractivity contribution is 7.17. The third-order valence-corrected chi connectivity index (χ3v) is 4.38. The molecule has 0 amide bonds. The molecule has 1 heterocycles. The van der Waals surface area contributed by atoms with Gasteiger partial charge in [0.1, 0.15) is 0 Å². The van der Waals surface area contributed by atoms with Crippen LogP contribution in [0.3, 0.4) is 0 Å². The molecule has 1 N–H and O–H groups in total. The summed E-state index contributed by atoms with van der Waals surface area (Å²) >= 11 is 1.53. The largest absolute Gasteiger partial charge is 0.493 e. The monoisotopic (exact) mass is 314 g/mol. The lowest BCUT2D eigenvalue weighted by atomic mass is 9.99. The summed E-state index contributed by atoms with van der Waals surface area (Å²) in [5, 5.41) is 12.3.